The molecular weight excluding hydrogens is 272 g/mol. The van der Waals surface area contributed by atoms with Crippen LogP contribution < -0.4 is 10.1 Å². The van der Waals surface area contributed by atoms with Crippen molar-refractivity contribution in [3.05, 3.63) is 59.2 Å². The third-order valence-corrected chi connectivity index (χ3v) is 3.88. The summed E-state index contributed by atoms with van der Waals surface area (Å²) in [6, 6.07) is 9.79. The summed E-state index contributed by atoms with van der Waals surface area (Å²) in [5, 5.41) is 3.22. The summed E-state index contributed by atoms with van der Waals surface area (Å²) >= 11 is 0. The molecule has 21 heavy (non-hydrogen) atoms. The Kier molecular flexibility index (Phi) is 3.78. The third kappa shape index (κ3) is 3.15. The van der Waals surface area contributed by atoms with E-state index in [0.29, 0.717) is 5.69 Å². The van der Waals surface area contributed by atoms with Crippen LogP contribution in [0.4, 0.5) is 14.5 Å². The predicted molar refractivity (Wildman–Crippen MR) is 78.8 cm³/mol. The zero-order chi connectivity index (χ0) is 14.8. The van der Waals surface area contributed by atoms with Crippen LogP contribution in [0.3, 0.4) is 0 Å². The fourth-order valence-electron chi connectivity index (χ4n) is 2.86. The highest BCUT2D eigenvalue weighted by molar-refractivity contribution is 5.46. The van der Waals surface area contributed by atoms with E-state index < -0.39 is 11.6 Å². The van der Waals surface area contributed by atoms with Crippen LogP contribution in [0.25, 0.3) is 0 Å². The van der Waals surface area contributed by atoms with Crippen molar-refractivity contribution in [2.45, 2.75) is 25.3 Å². The van der Waals surface area contributed by atoms with Crippen LogP contribution in [0.2, 0.25) is 0 Å². The van der Waals surface area contributed by atoms with Crippen LogP contribution in [0.15, 0.2) is 36.4 Å². The number of nitrogens with one attached hydrogen (secondary N) is 1. The molecule has 0 radical (unpaired) electrons. The van der Waals surface area contributed by atoms with Crippen LogP contribution in [0.5, 0.6) is 5.75 Å². The minimum Gasteiger partial charge on any atom is -0.497 e. The number of aryl methyl sites for hydroxylation is 1. The maximum Gasteiger partial charge on any atom is 0.128 e. The molecule has 4 heteroatoms. The maximum absolute atomic E-state index is 13.2. The highest BCUT2D eigenvalue weighted by atomic mass is 19.1. The quantitative estimate of drug-likeness (QED) is 0.924. The van der Waals surface area contributed by atoms with Crippen molar-refractivity contribution >= 4 is 5.69 Å². The molecule has 0 fully saturated rings. The number of hydrogen-bond acceptors (Lipinski definition) is 2. The summed E-state index contributed by atoms with van der Waals surface area (Å²) in [4.78, 5) is 0. The Bertz CT molecular complexity index is 637. The van der Waals surface area contributed by atoms with Gasteiger partial charge in [0.1, 0.15) is 17.4 Å². The number of fused-ring (bicyclic) bond motifs is 1. The molecule has 2 nitrogen and oxygen atoms in total. The third-order valence-electron chi connectivity index (χ3n) is 3.88. The van der Waals surface area contributed by atoms with E-state index in [9.17, 15) is 8.78 Å². The normalized spacial score (nSPS) is 17.2. The van der Waals surface area contributed by atoms with Crippen LogP contribution in [-0.4, -0.2) is 13.2 Å². The Balaban J connectivity index is 1.76. The first kappa shape index (κ1) is 13.9. The second-order valence-electron chi connectivity index (χ2n) is 5.38. The molecule has 0 heterocycles. The topological polar surface area (TPSA) is 21.3 Å². The van der Waals surface area contributed by atoms with Crippen molar-refractivity contribution in [2.75, 3.05) is 12.4 Å². The molecule has 1 aliphatic rings. The second-order valence-corrected chi connectivity index (χ2v) is 5.38. The predicted octanol–water partition coefficient (Wildman–Crippen LogP) is 3.94. The average Bonchev–Trinajstić information content (AvgIpc) is 2.45. The van der Waals surface area contributed by atoms with Crippen molar-refractivity contribution in [3.8, 4) is 5.75 Å². The van der Waals surface area contributed by atoms with Crippen molar-refractivity contribution in [3.63, 3.8) is 0 Å². The minimum absolute atomic E-state index is 0.172. The van der Waals surface area contributed by atoms with Gasteiger partial charge in [0.25, 0.3) is 0 Å². The monoisotopic (exact) mass is 289 g/mol. The zero-order valence-electron chi connectivity index (χ0n) is 11.8. The van der Waals surface area contributed by atoms with Gasteiger partial charge in [-0.25, -0.2) is 8.78 Å². The molecule has 0 aromatic heterocycles. The summed E-state index contributed by atoms with van der Waals surface area (Å²) in [6.45, 7) is 0. The lowest BCUT2D eigenvalue weighted by molar-refractivity contribution is 0.413. The molecule has 0 saturated heterocycles. The van der Waals surface area contributed by atoms with Crippen LogP contribution in [0, 0.1) is 11.6 Å². The first-order valence-electron chi connectivity index (χ1n) is 7.02. The van der Waals surface area contributed by atoms with Crippen molar-refractivity contribution in [1.82, 2.24) is 0 Å². The SMILES string of the molecule is COc1ccc2c(c1)CC(Nc1cc(F)cc(F)c1)CC2. The van der Waals surface area contributed by atoms with E-state index in [-0.39, 0.29) is 6.04 Å². The van der Waals surface area contributed by atoms with Crippen LogP contribution in [0.1, 0.15) is 17.5 Å². The number of benzene rings is 2. The molecule has 0 amide bonds. The molecule has 1 N–H and O–H groups in total. The van der Waals surface area contributed by atoms with Crippen molar-refractivity contribution < 1.29 is 13.5 Å². The fraction of sp³-hybridized carbons (Fsp3) is 0.294. The molecule has 110 valence electrons. The first-order valence-corrected chi connectivity index (χ1v) is 7.02. The Hall–Kier alpha value is -2.10. The summed E-state index contributed by atoms with van der Waals surface area (Å²) in [5.74, 6) is -0.281. The lowest BCUT2D eigenvalue weighted by atomic mass is 9.88. The first-order chi connectivity index (χ1) is 10.1. The van der Waals surface area contributed by atoms with Crippen LogP contribution in [-0.2, 0) is 12.8 Å². The van der Waals surface area contributed by atoms with E-state index in [1.54, 1.807) is 7.11 Å². The number of anilines is 1. The molecule has 0 saturated carbocycles. The molecule has 1 unspecified atom stereocenters. The van der Waals surface area contributed by atoms with Gasteiger partial charge in [0, 0.05) is 17.8 Å². The Morgan fingerprint density at radius 3 is 2.52 bits per heavy atom. The van der Waals surface area contributed by atoms with E-state index in [2.05, 4.69) is 11.4 Å². The van der Waals surface area contributed by atoms with Gasteiger partial charge in [0.2, 0.25) is 0 Å². The molecule has 1 atom stereocenters. The number of ether oxygens (including phenoxy) is 1. The van der Waals surface area contributed by atoms with Gasteiger partial charge in [-0.3, -0.25) is 0 Å². The number of methoxy groups -OCH3 is 1. The number of hydrogen-bond donors (Lipinski definition) is 1. The molecule has 1 aliphatic carbocycles. The molecule has 3 rings (SSSR count). The lowest BCUT2D eigenvalue weighted by Gasteiger charge is -2.26. The molecule has 0 bridgehead atoms. The van der Waals surface area contributed by atoms with Gasteiger partial charge in [-0.2, -0.15) is 0 Å². The van der Waals surface area contributed by atoms with E-state index in [1.807, 2.05) is 12.1 Å². The van der Waals surface area contributed by atoms with Gasteiger partial charge in [-0.1, -0.05) is 6.07 Å². The molecule has 2 aromatic rings. The Morgan fingerprint density at radius 1 is 1.05 bits per heavy atom. The zero-order valence-corrected chi connectivity index (χ0v) is 11.8. The largest absolute Gasteiger partial charge is 0.497 e. The Morgan fingerprint density at radius 2 is 1.81 bits per heavy atom. The highest BCUT2D eigenvalue weighted by Crippen LogP contribution is 2.27. The maximum atomic E-state index is 13.2. The standard InChI is InChI=1S/C17H17F2NO/c1-21-17-5-3-11-2-4-15(6-12(11)7-17)20-16-9-13(18)8-14(19)10-16/h3,5,7-10,15,20H,2,4,6H2,1H3. The molecule has 0 spiro atoms. The van der Waals surface area contributed by atoms with Crippen molar-refractivity contribution in [2.24, 2.45) is 0 Å². The molecule has 2 aromatic carbocycles. The number of rotatable bonds is 3. The van der Waals surface area contributed by atoms with Gasteiger partial charge in [0.05, 0.1) is 7.11 Å². The minimum atomic E-state index is -0.560. The average molecular weight is 289 g/mol. The fourth-order valence-corrected chi connectivity index (χ4v) is 2.86. The highest BCUT2D eigenvalue weighted by Gasteiger charge is 2.19. The molecule has 0 aliphatic heterocycles. The van der Waals surface area contributed by atoms with Crippen molar-refractivity contribution in [1.29, 1.82) is 0 Å². The van der Waals surface area contributed by atoms with E-state index in [1.165, 1.54) is 23.3 Å². The van der Waals surface area contributed by atoms with E-state index in [4.69, 9.17) is 4.74 Å². The summed E-state index contributed by atoms with van der Waals surface area (Å²) in [5.41, 5.74) is 3.04. The van der Waals surface area contributed by atoms with Gasteiger partial charge < -0.3 is 10.1 Å². The lowest BCUT2D eigenvalue weighted by Crippen LogP contribution is -2.27. The Labute approximate surface area is 122 Å². The smallest absolute Gasteiger partial charge is 0.128 e. The number of halogens is 2. The van der Waals surface area contributed by atoms with Gasteiger partial charge in [0.15, 0.2) is 0 Å². The van der Waals surface area contributed by atoms with Gasteiger partial charge in [-0.15, -0.1) is 0 Å². The van der Waals surface area contributed by atoms with Gasteiger partial charge in [-0.05, 0) is 54.7 Å². The van der Waals surface area contributed by atoms with E-state index in [0.717, 1.165) is 31.1 Å². The summed E-state index contributed by atoms with van der Waals surface area (Å²) < 4.78 is 31.7. The van der Waals surface area contributed by atoms with Gasteiger partial charge >= 0.3 is 0 Å². The van der Waals surface area contributed by atoms with E-state index >= 15 is 0 Å². The van der Waals surface area contributed by atoms with Crippen LogP contribution >= 0.6 is 0 Å². The summed E-state index contributed by atoms with van der Waals surface area (Å²) in [7, 11) is 1.65. The summed E-state index contributed by atoms with van der Waals surface area (Å²) in [6.07, 6.45) is 2.72. The molecular formula is C17H17F2NO. The second kappa shape index (κ2) is 5.72.